The summed E-state index contributed by atoms with van der Waals surface area (Å²) in [6.07, 6.45) is 0. The first-order valence-electron chi connectivity index (χ1n) is 7.76. The number of nitrogens with zero attached hydrogens (tertiary/aromatic N) is 1. The molecule has 1 atom stereocenters. The van der Waals surface area contributed by atoms with E-state index >= 15 is 0 Å². The number of benzene rings is 1. The highest BCUT2D eigenvalue weighted by Gasteiger charge is 2.21. The maximum absolute atomic E-state index is 11.8. The largest absolute Gasteiger partial charge is 0.493 e. The fraction of sp³-hybridized carbons (Fsp3) is 0.471. The maximum atomic E-state index is 11.8. The third-order valence-corrected chi connectivity index (χ3v) is 4.19. The molecule has 2 aromatic rings. The van der Waals surface area contributed by atoms with Gasteiger partial charge < -0.3 is 19.2 Å². The van der Waals surface area contributed by atoms with Gasteiger partial charge in [-0.2, -0.15) is 0 Å². The smallest absolute Gasteiger partial charge is 0.373 e. The fourth-order valence-electron chi connectivity index (χ4n) is 3.05. The van der Waals surface area contributed by atoms with E-state index in [4.69, 9.17) is 13.9 Å². The van der Waals surface area contributed by atoms with Crippen molar-refractivity contribution >= 4 is 29.3 Å². The Balaban J connectivity index is 0.00000208. The lowest BCUT2D eigenvalue weighted by atomic mass is 10.1. The summed E-state index contributed by atoms with van der Waals surface area (Å²) in [5, 5.41) is 4.34. The number of carbonyl (C=O) groups is 1. The quantitative estimate of drug-likeness (QED) is 0.851. The summed E-state index contributed by atoms with van der Waals surface area (Å²) in [7, 11) is 2.93. The van der Waals surface area contributed by atoms with Crippen LogP contribution in [0.4, 0.5) is 0 Å². The molecule has 1 unspecified atom stereocenters. The highest BCUT2D eigenvalue weighted by atomic mass is 35.5. The van der Waals surface area contributed by atoms with Crippen LogP contribution in [0.15, 0.2) is 22.6 Å². The number of carbonyl (C=O) groups excluding carboxylic acids is 1. The van der Waals surface area contributed by atoms with E-state index in [1.807, 2.05) is 12.1 Å². The Morgan fingerprint density at radius 3 is 2.88 bits per heavy atom. The van der Waals surface area contributed by atoms with Crippen molar-refractivity contribution in [3.63, 3.8) is 0 Å². The van der Waals surface area contributed by atoms with Crippen molar-refractivity contribution in [1.29, 1.82) is 0 Å². The summed E-state index contributed by atoms with van der Waals surface area (Å²) >= 11 is 0. The number of esters is 1. The van der Waals surface area contributed by atoms with E-state index in [9.17, 15) is 4.79 Å². The molecule has 1 N–H and O–H groups in total. The van der Waals surface area contributed by atoms with Crippen molar-refractivity contribution in [2.24, 2.45) is 0 Å². The van der Waals surface area contributed by atoms with E-state index in [0.717, 1.165) is 37.1 Å². The molecule has 1 aromatic heterocycles. The number of halogens is 1. The van der Waals surface area contributed by atoms with Crippen molar-refractivity contribution in [1.82, 2.24) is 10.2 Å². The van der Waals surface area contributed by atoms with Crippen LogP contribution in [0.3, 0.4) is 0 Å². The maximum Gasteiger partial charge on any atom is 0.373 e. The standard InChI is InChI=1S/C17H22N2O4.ClH/c1-11-9-19(7-6-18-11)10-12-4-5-14(21-2)16-13(12)8-15(23-16)17(20)22-3;/h4-5,8,11,18H,6-7,9-10H2,1-3H3;1H. The summed E-state index contributed by atoms with van der Waals surface area (Å²) in [5.74, 6) is 0.333. The van der Waals surface area contributed by atoms with Crippen molar-refractivity contribution < 1.29 is 18.7 Å². The molecule has 0 spiro atoms. The Labute approximate surface area is 147 Å². The second-order valence-corrected chi connectivity index (χ2v) is 5.86. The number of piperazine rings is 1. The highest BCUT2D eigenvalue weighted by Crippen LogP contribution is 2.32. The van der Waals surface area contributed by atoms with Crippen molar-refractivity contribution in [2.75, 3.05) is 33.9 Å². The molecule has 1 fully saturated rings. The third-order valence-electron chi connectivity index (χ3n) is 4.19. The topological polar surface area (TPSA) is 63.9 Å². The molecule has 0 amide bonds. The molecular weight excluding hydrogens is 332 g/mol. The number of rotatable bonds is 4. The minimum atomic E-state index is -0.481. The molecule has 1 aliphatic heterocycles. The molecule has 3 rings (SSSR count). The third kappa shape index (κ3) is 3.66. The number of hydrogen-bond acceptors (Lipinski definition) is 6. The molecule has 0 radical (unpaired) electrons. The fourth-order valence-corrected chi connectivity index (χ4v) is 3.05. The van der Waals surface area contributed by atoms with Gasteiger partial charge in [-0.1, -0.05) is 6.07 Å². The lowest BCUT2D eigenvalue weighted by Crippen LogP contribution is -2.48. The van der Waals surface area contributed by atoms with Gasteiger partial charge in [0.2, 0.25) is 5.76 Å². The van der Waals surface area contributed by atoms with E-state index in [0.29, 0.717) is 17.4 Å². The number of fused-ring (bicyclic) bond motifs is 1. The SMILES string of the molecule is COC(=O)c1cc2c(CN3CCNC(C)C3)ccc(OC)c2o1.Cl. The van der Waals surface area contributed by atoms with Crippen LogP contribution < -0.4 is 10.1 Å². The molecule has 1 saturated heterocycles. The van der Waals surface area contributed by atoms with Crippen molar-refractivity contribution in [3.05, 3.63) is 29.5 Å². The second kappa shape index (κ2) is 7.88. The van der Waals surface area contributed by atoms with E-state index in [1.165, 1.54) is 7.11 Å². The van der Waals surface area contributed by atoms with Crippen molar-refractivity contribution in [2.45, 2.75) is 19.5 Å². The van der Waals surface area contributed by atoms with E-state index < -0.39 is 5.97 Å². The van der Waals surface area contributed by atoms with E-state index in [-0.39, 0.29) is 18.2 Å². The van der Waals surface area contributed by atoms with Gasteiger partial charge in [0.15, 0.2) is 11.3 Å². The Morgan fingerprint density at radius 1 is 1.42 bits per heavy atom. The van der Waals surface area contributed by atoms with Crippen LogP contribution in [0.25, 0.3) is 11.0 Å². The zero-order valence-corrected chi connectivity index (χ0v) is 14.9. The first-order valence-corrected chi connectivity index (χ1v) is 7.76. The van der Waals surface area contributed by atoms with E-state index in [2.05, 4.69) is 17.1 Å². The number of hydrogen-bond donors (Lipinski definition) is 1. The molecule has 132 valence electrons. The van der Waals surface area contributed by atoms with Gasteiger partial charge in [-0.05, 0) is 24.6 Å². The Kier molecular flexibility index (Phi) is 6.10. The van der Waals surface area contributed by atoms with Crippen LogP contribution in [0.1, 0.15) is 23.0 Å². The van der Waals surface area contributed by atoms with Gasteiger partial charge in [-0.3, -0.25) is 4.90 Å². The van der Waals surface area contributed by atoms with Crippen LogP contribution in [-0.2, 0) is 11.3 Å². The summed E-state index contributed by atoms with van der Waals surface area (Å²) in [4.78, 5) is 14.1. The number of furan rings is 1. The molecule has 6 nitrogen and oxygen atoms in total. The van der Waals surface area contributed by atoms with E-state index in [1.54, 1.807) is 13.2 Å². The number of methoxy groups -OCH3 is 2. The monoisotopic (exact) mass is 354 g/mol. The summed E-state index contributed by atoms with van der Waals surface area (Å²) in [5.41, 5.74) is 1.71. The molecule has 24 heavy (non-hydrogen) atoms. The van der Waals surface area contributed by atoms with Gasteiger partial charge in [0.05, 0.1) is 14.2 Å². The van der Waals surface area contributed by atoms with Crippen LogP contribution in [0, 0.1) is 0 Å². The molecule has 0 saturated carbocycles. The van der Waals surface area contributed by atoms with Gasteiger partial charge in [-0.15, -0.1) is 12.4 Å². The molecule has 0 aliphatic carbocycles. The lowest BCUT2D eigenvalue weighted by Gasteiger charge is -2.31. The normalized spacial score (nSPS) is 18.2. The molecule has 0 bridgehead atoms. The molecular formula is C17H23ClN2O4. The van der Waals surface area contributed by atoms with Gasteiger partial charge in [0.1, 0.15) is 0 Å². The highest BCUT2D eigenvalue weighted by molar-refractivity contribution is 5.95. The lowest BCUT2D eigenvalue weighted by molar-refractivity contribution is 0.0567. The minimum absolute atomic E-state index is 0. The molecule has 7 heteroatoms. The van der Waals surface area contributed by atoms with Crippen LogP contribution >= 0.6 is 12.4 Å². The Bertz CT molecular complexity index is 716. The average molecular weight is 355 g/mol. The molecule has 1 aliphatic rings. The minimum Gasteiger partial charge on any atom is -0.493 e. The zero-order chi connectivity index (χ0) is 16.4. The predicted octanol–water partition coefficient (Wildman–Crippen LogP) is 2.44. The van der Waals surface area contributed by atoms with Gasteiger partial charge in [0, 0.05) is 37.6 Å². The number of nitrogens with one attached hydrogen (secondary N) is 1. The Hall–Kier alpha value is -1.76. The number of ether oxygens (including phenoxy) is 2. The Morgan fingerprint density at radius 2 is 2.21 bits per heavy atom. The van der Waals surface area contributed by atoms with Gasteiger partial charge >= 0.3 is 5.97 Å². The average Bonchev–Trinajstić information content (AvgIpc) is 3.00. The van der Waals surface area contributed by atoms with Crippen LogP contribution in [-0.4, -0.2) is 50.8 Å². The first-order chi connectivity index (χ1) is 11.1. The summed E-state index contributed by atoms with van der Waals surface area (Å²) in [6.45, 7) is 5.98. The van der Waals surface area contributed by atoms with Gasteiger partial charge in [0.25, 0.3) is 0 Å². The first kappa shape index (κ1) is 18.6. The summed E-state index contributed by atoms with van der Waals surface area (Å²) in [6, 6.07) is 6.13. The zero-order valence-electron chi connectivity index (χ0n) is 14.1. The molecule has 2 heterocycles. The summed E-state index contributed by atoms with van der Waals surface area (Å²) < 4.78 is 15.8. The second-order valence-electron chi connectivity index (χ2n) is 5.86. The van der Waals surface area contributed by atoms with Crippen LogP contribution in [0.2, 0.25) is 0 Å². The van der Waals surface area contributed by atoms with Crippen molar-refractivity contribution in [3.8, 4) is 5.75 Å². The van der Waals surface area contributed by atoms with Crippen LogP contribution in [0.5, 0.6) is 5.75 Å². The van der Waals surface area contributed by atoms with Gasteiger partial charge in [-0.25, -0.2) is 4.79 Å². The predicted molar refractivity (Wildman–Crippen MR) is 94.1 cm³/mol. The molecule has 1 aromatic carbocycles.